The average Bonchev–Trinajstić information content (AvgIpc) is 3.32. The molecule has 27 heavy (non-hydrogen) atoms. The third kappa shape index (κ3) is 3.09. The third-order valence-electron chi connectivity index (χ3n) is 5.98. The smallest absolute Gasteiger partial charge is 0.279 e. The number of hydrogen-bond donors (Lipinski definition) is 1. The molecule has 5 atom stereocenters. The number of nitrogens with one attached hydrogen (secondary N) is 1. The monoisotopic (exact) mass is 410 g/mol. The van der Waals surface area contributed by atoms with Gasteiger partial charge in [0.25, 0.3) is 17.7 Å². The van der Waals surface area contributed by atoms with E-state index in [0.717, 1.165) is 24.3 Å². The van der Waals surface area contributed by atoms with Crippen molar-refractivity contribution in [3.63, 3.8) is 0 Å². The Morgan fingerprint density at radius 1 is 1.22 bits per heavy atom. The molecule has 3 aliphatic rings. The molecule has 0 unspecified atom stereocenters. The summed E-state index contributed by atoms with van der Waals surface area (Å²) >= 11 is 12.0. The maximum absolute atomic E-state index is 12.7. The molecule has 1 aromatic carbocycles. The van der Waals surface area contributed by atoms with E-state index in [1.54, 1.807) is 19.1 Å². The normalized spacial score (nSPS) is 29.8. The molecule has 8 heteroatoms. The summed E-state index contributed by atoms with van der Waals surface area (Å²) < 4.78 is 5.69. The second-order valence-corrected chi connectivity index (χ2v) is 8.31. The number of halogens is 2. The van der Waals surface area contributed by atoms with Crippen LogP contribution in [0, 0.1) is 23.7 Å². The van der Waals surface area contributed by atoms with Crippen LogP contribution in [0.4, 0.5) is 0 Å². The van der Waals surface area contributed by atoms with Gasteiger partial charge in [-0.25, -0.2) is 0 Å². The van der Waals surface area contributed by atoms with Crippen molar-refractivity contribution in [1.29, 1.82) is 0 Å². The average molecular weight is 411 g/mol. The molecule has 3 fully saturated rings. The number of hydrogen-bond acceptors (Lipinski definition) is 4. The van der Waals surface area contributed by atoms with E-state index in [-0.39, 0.29) is 41.2 Å². The van der Waals surface area contributed by atoms with Crippen molar-refractivity contribution in [2.75, 3.05) is 0 Å². The van der Waals surface area contributed by atoms with Crippen LogP contribution in [0.2, 0.25) is 10.0 Å². The van der Waals surface area contributed by atoms with Gasteiger partial charge in [0.2, 0.25) is 0 Å². The van der Waals surface area contributed by atoms with Crippen LogP contribution in [-0.2, 0) is 14.4 Å². The summed E-state index contributed by atoms with van der Waals surface area (Å²) in [6.45, 7) is 1.77. The van der Waals surface area contributed by atoms with Crippen LogP contribution < -0.4 is 10.2 Å². The number of carbonyl (C=O) groups excluding carboxylic acids is 3. The Hall–Kier alpha value is -1.79. The molecule has 0 radical (unpaired) electrons. The van der Waals surface area contributed by atoms with Crippen molar-refractivity contribution in [3.05, 3.63) is 28.2 Å². The second kappa shape index (κ2) is 6.99. The van der Waals surface area contributed by atoms with Gasteiger partial charge in [-0.3, -0.25) is 19.8 Å². The van der Waals surface area contributed by atoms with E-state index in [4.69, 9.17) is 27.9 Å². The Morgan fingerprint density at radius 3 is 2.44 bits per heavy atom. The molecule has 1 aliphatic heterocycles. The van der Waals surface area contributed by atoms with Gasteiger partial charge < -0.3 is 4.74 Å². The molecule has 0 aromatic heterocycles. The maximum Gasteiger partial charge on any atom is 0.279 e. The van der Waals surface area contributed by atoms with E-state index >= 15 is 0 Å². The molecule has 0 spiro atoms. The maximum atomic E-state index is 12.7. The SMILES string of the molecule is CC[C@@H](Oc1cc(Cl)ccc1Cl)C(=O)NN1C(=O)[C@@H]2[C@H]3CC[C@@H](C3)[C@@H]2C1=O. The van der Waals surface area contributed by atoms with Crippen LogP contribution in [0.1, 0.15) is 32.6 Å². The van der Waals surface area contributed by atoms with E-state index in [2.05, 4.69) is 5.43 Å². The lowest BCUT2D eigenvalue weighted by Crippen LogP contribution is -2.51. The van der Waals surface area contributed by atoms with Crippen LogP contribution in [0.3, 0.4) is 0 Å². The molecule has 2 saturated carbocycles. The summed E-state index contributed by atoms with van der Waals surface area (Å²) in [6, 6.07) is 4.72. The predicted octanol–water partition coefficient (Wildman–Crippen LogP) is 3.21. The minimum absolute atomic E-state index is 0.266. The van der Waals surface area contributed by atoms with E-state index < -0.39 is 12.0 Å². The zero-order valence-electron chi connectivity index (χ0n) is 14.8. The third-order valence-corrected chi connectivity index (χ3v) is 6.52. The van der Waals surface area contributed by atoms with Crippen LogP contribution in [0.15, 0.2) is 18.2 Å². The first-order valence-corrected chi connectivity index (χ1v) is 9.96. The number of hydrazine groups is 1. The molecule has 1 heterocycles. The van der Waals surface area contributed by atoms with Gasteiger partial charge in [0.1, 0.15) is 5.75 Å². The van der Waals surface area contributed by atoms with E-state index in [9.17, 15) is 14.4 Å². The molecule has 1 saturated heterocycles. The fraction of sp³-hybridized carbons (Fsp3) is 0.526. The van der Waals surface area contributed by atoms with Gasteiger partial charge in [0, 0.05) is 11.1 Å². The zero-order chi connectivity index (χ0) is 19.3. The molecule has 6 nitrogen and oxygen atoms in total. The number of benzene rings is 1. The van der Waals surface area contributed by atoms with Gasteiger partial charge in [-0.2, -0.15) is 5.01 Å². The number of carbonyl (C=O) groups is 3. The summed E-state index contributed by atoms with van der Waals surface area (Å²) in [4.78, 5) is 38.1. The van der Waals surface area contributed by atoms with Crippen molar-refractivity contribution in [1.82, 2.24) is 10.4 Å². The number of fused-ring (bicyclic) bond motifs is 5. The number of nitrogens with zero attached hydrogens (tertiary/aromatic N) is 1. The van der Waals surface area contributed by atoms with Gasteiger partial charge in [-0.05, 0) is 49.7 Å². The fourth-order valence-electron chi connectivity index (χ4n) is 4.74. The van der Waals surface area contributed by atoms with Crippen molar-refractivity contribution < 1.29 is 19.1 Å². The second-order valence-electron chi connectivity index (χ2n) is 7.46. The van der Waals surface area contributed by atoms with Crippen LogP contribution in [0.25, 0.3) is 0 Å². The van der Waals surface area contributed by atoms with E-state index in [0.29, 0.717) is 16.5 Å². The van der Waals surface area contributed by atoms with Crippen molar-refractivity contribution in [3.8, 4) is 5.75 Å². The Bertz CT molecular complexity index is 787. The first-order chi connectivity index (χ1) is 12.9. The molecule has 144 valence electrons. The summed E-state index contributed by atoms with van der Waals surface area (Å²) in [7, 11) is 0. The molecule has 2 bridgehead atoms. The lowest BCUT2D eigenvalue weighted by atomic mass is 9.81. The molecule has 2 aliphatic carbocycles. The van der Waals surface area contributed by atoms with Crippen molar-refractivity contribution in [2.24, 2.45) is 23.7 Å². The van der Waals surface area contributed by atoms with E-state index in [1.165, 1.54) is 6.07 Å². The van der Waals surface area contributed by atoms with Crippen LogP contribution in [-0.4, -0.2) is 28.8 Å². The Balaban J connectivity index is 1.47. The number of imide groups is 1. The van der Waals surface area contributed by atoms with Crippen molar-refractivity contribution in [2.45, 2.75) is 38.7 Å². The quantitative estimate of drug-likeness (QED) is 0.756. The lowest BCUT2D eigenvalue weighted by Gasteiger charge is -2.22. The van der Waals surface area contributed by atoms with Crippen LogP contribution >= 0.6 is 23.2 Å². The lowest BCUT2D eigenvalue weighted by molar-refractivity contribution is -0.152. The largest absolute Gasteiger partial charge is 0.479 e. The van der Waals surface area contributed by atoms with Gasteiger partial charge >= 0.3 is 0 Å². The topological polar surface area (TPSA) is 75.7 Å². The summed E-state index contributed by atoms with van der Waals surface area (Å²) in [5, 5.41) is 1.66. The van der Waals surface area contributed by atoms with Crippen LogP contribution in [0.5, 0.6) is 5.75 Å². The summed E-state index contributed by atoms with van der Waals surface area (Å²) in [5.74, 6) is -0.881. The molecular weight excluding hydrogens is 391 g/mol. The van der Waals surface area contributed by atoms with Gasteiger partial charge in [-0.1, -0.05) is 30.1 Å². The predicted molar refractivity (Wildman–Crippen MR) is 99.0 cm³/mol. The molecular formula is C19H20Cl2N2O4. The van der Waals surface area contributed by atoms with Crippen molar-refractivity contribution >= 4 is 40.9 Å². The molecule has 1 N–H and O–H groups in total. The molecule has 3 amide bonds. The standard InChI is InChI=1S/C19H20Cl2N2O4/c1-2-13(27-14-8-11(20)5-6-12(14)21)17(24)22-23-18(25)15-9-3-4-10(7-9)16(15)19(23)26/h5-6,8-10,13,15-16H,2-4,7H2,1H3,(H,22,24)/t9-,10-,13+,15-,16+/m0/s1. The van der Waals surface area contributed by atoms with Gasteiger partial charge in [0.05, 0.1) is 16.9 Å². The minimum atomic E-state index is -0.904. The number of amides is 3. The Morgan fingerprint density at radius 2 is 1.85 bits per heavy atom. The Kier molecular flexibility index (Phi) is 4.80. The highest BCUT2D eigenvalue weighted by molar-refractivity contribution is 6.34. The first kappa shape index (κ1) is 18.6. The first-order valence-electron chi connectivity index (χ1n) is 9.20. The molecule has 4 rings (SSSR count). The number of rotatable bonds is 5. The highest BCUT2D eigenvalue weighted by atomic mass is 35.5. The van der Waals surface area contributed by atoms with E-state index in [1.807, 2.05) is 0 Å². The number of ether oxygens (including phenoxy) is 1. The van der Waals surface area contributed by atoms with Gasteiger partial charge in [-0.15, -0.1) is 0 Å². The Labute approximate surface area is 167 Å². The highest BCUT2D eigenvalue weighted by Crippen LogP contribution is 2.55. The fourth-order valence-corrected chi connectivity index (χ4v) is 5.07. The highest BCUT2D eigenvalue weighted by Gasteiger charge is 2.61. The molecule has 1 aromatic rings. The summed E-state index contributed by atoms with van der Waals surface area (Å²) in [5.41, 5.74) is 2.48. The minimum Gasteiger partial charge on any atom is -0.479 e. The van der Waals surface area contributed by atoms with Gasteiger partial charge in [0.15, 0.2) is 6.10 Å². The summed E-state index contributed by atoms with van der Waals surface area (Å²) in [6.07, 6.45) is 2.35. The zero-order valence-corrected chi connectivity index (χ0v) is 16.3.